The summed E-state index contributed by atoms with van der Waals surface area (Å²) in [6.45, 7) is 12.4. The van der Waals surface area contributed by atoms with E-state index >= 15 is 0 Å². The molecule has 1 aromatic carbocycles. The fraction of sp³-hybridized carbons (Fsp3) is 0.613. The lowest BCUT2D eigenvalue weighted by atomic mass is 9.90. The van der Waals surface area contributed by atoms with Gasteiger partial charge in [0, 0.05) is 36.9 Å². The van der Waals surface area contributed by atoms with Crippen molar-refractivity contribution in [3.05, 3.63) is 52.0 Å². The number of aryl methyl sites for hydroxylation is 1. The number of methoxy groups -OCH3 is 1. The van der Waals surface area contributed by atoms with E-state index in [-0.39, 0.29) is 41.7 Å². The van der Waals surface area contributed by atoms with Crippen LogP contribution in [0.3, 0.4) is 0 Å². The van der Waals surface area contributed by atoms with Crippen LogP contribution < -0.4 is 5.32 Å². The number of benzene rings is 1. The zero-order chi connectivity index (χ0) is 29.1. The molecular formula is C31H47N3O4S. The second-order valence-corrected chi connectivity index (χ2v) is 12.1. The highest BCUT2D eigenvalue weighted by molar-refractivity contribution is 7.09. The Hall–Kier alpha value is -2.74. The van der Waals surface area contributed by atoms with Gasteiger partial charge in [-0.05, 0) is 36.7 Å². The Morgan fingerprint density at radius 2 is 1.74 bits per heavy atom. The molecule has 0 aliphatic carbocycles. The molecule has 0 bridgehead atoms. The van der Waals surface area contributed by atoms with Crippen molar-refractivity contribution in [2.24, 2.45) is 23.7 Å². The van der Waals surface area contributed by atoms with E-state index in [4.69, 9.17) is 4.74 Å². The molecule has 7 nitrogen and oxygen atoms in total. The van der Waals surface area contributed by atoms with E-state index in [1.807, 2.05) is 56.1 Å². The van der Waals surface area contributed by atoms with Crippen molar-refractivity contribution in [2.75, 3.05) is 14.2 Å². The van der Waals surface area contributed by atoms with Crippen molar-refractivity contribution >= 4 is 29.1 Å². The summed E-state index contributed by atoms with van der Waals surface area (Å²) in [6.07, 6.45) is 3.54. The molecule has 0 saturated heterocycles. The number of rotatable bonds is 15. The number of esters is 1. The number of hydrogen-bond acceptors (Lipinski definition) is 6. The van der Waals surface area contributed by atoms with Gasteiger partial charge >= 0.3 is 5.97 Å². The fourth-order valence-corrected chi connectivity index (χ4v) is 5.73. The average Bonchev–Trinajstić information content (AvgIpc) is 3.40. The molecule has 0 aliphatic rings. The van der Waals surface area contributed by atoms with Gasteiger partial charge in [0.05, 0.1) is 18.0 Å². The molecule has 2 aromatic rings. The van der Waals surface area contributed by atoms with Crippen molar-refractivity contribution < 1.29 is 19.1 Å². The van der Waals surface area contributed by atoms with Gasteiger partial charge in [-0.25, -0.2) is 4.98 Å². The largest absolute Gasteiger partial charge is 0.469 e. The summed E-state index contributed by atoms with van der Waals surface area (Å²) in [5.41, 5.74) is 1.47. The SMILES string of the molecule is CC[C@H](C)[C@H](C)C(=O)N(C)[C@H](CCc1nc(C(=O)N[C@@H](Cc2ccccc2)C[C@H](C)C(=O)OC)cs1)C(C)C. The number of hydrogen-bond donors (Lipinski definition) is 1. The molecule has 0 unspecified atom stereocenters. The van der Waals surface area contributed by atoms with Gasteiger partial charge in [0.25, 0.3) is 5.91 Å². The minimum atomic E-state index is -0.342. The maximum absolute atomic E-state index is 13.2. The molecule has 0 radical (unpaired) electrons. The summed E-state index contributed by atoms with van der Waals surface area (Å²) in [5.74, 6) is -0.0539. The number of ether oxygens (including phenoxy) is 1. The Kier molecular flexibility index (Phi) is 13.1. The summed E-state index contributed by atoms with van der Waals surface area (Å²) in [4.78, 5) is 44.8. The van der Waals surface area contributed by atoms with E-state index < -0.39 is 0 Å². The van der Waals surface area contributed by atoms with Crippen LogP contribution in [0.15, 0.2) is 35.7 Å². The van der Waals surface area contributed by atoms with Crippen LogP contribution in [0.25, 0.3) is 0 Å². The van der Waals surface area contributed by atoms with E-state index in [2.05, 4.69) is 38.0 Å². The fourth-order valence-electron chi connectivity index (χ4n) is 4.93. The molecule has 1 heterocycles. The average molecular weight is 558 g/mol. The van der Waals surface area contributed by atoms with Crippen LogP contribution in [0.1, 0.15) is 81.9 Å². The molecule has 0 spiro atoms. The minimum absolute atomic E-state index is 0.0119. The standard InChI is InChI=1S/C31H47N3O4S/c1-9-21(4)23(6)30(36)34(7)27(20(2)3)15-16-28-33-26(19-39-28)29(35)32-25(17-22(5)31(37)38-8)18-24-13-11-10-12-14-24/h10-14,19-23,25,27H,9,15-18H2,1-8H3,(H,32,35)/t21-,22-,23-,25+,27+/m0/s1. The summed E-state index contributed by atoms with van der Waals surface area (Å²) < 4.78 is 4.89. The Labute approximate surface area is 238 Å². The second kappa shape index (κ2) is 15.8. The van der Waals surface area contributed by atoms with Gasteiger partial charge in [-0.1, -0.05) is 78.3 Å². The molecular weight excluding hydrogens is 510 g/mol. The van der Waals surface area contributed by atoms with E-state index in [1.54, 1.807) is 5.38 Å². The molecule has 39 heavy (non-hydrogen) atoms. The first-order chi connectivity index (χ1) is 18.5. The smallest absolute Gasteiger partial charge is 0.308 e. The normalized spacial score (nSPS) is 15.2. The Balaban J connectivity index is 2.06. The van der Waals surface area contributed by atoms with Crippen molar-refractivity contribution in [2.45, 2.75) is 85.7 Å². The molecule has 5 atom stereocenters. The van der Waals surface area contributed by atoms with Gasteiger partial charge in [-0.3, -0.25) is 14.4 Å². The monoisotopic (exact) mass is 557 g/mol. The number of nitrogens with one attached hydrogen (secondary N) is 1. The first-order valence-electron chi connectivity index (χ1n) is 14.1. The molecule has 0 saturated carbocycles. The third-order valence-electron chi connectivity index (χ3n) is 7.84. The second-order valence-electron chi connectivity index (χ2n) is 11.1. The summed E-state index contributed by atoms with van der Waals surface area (Å²) in [5, 5.41) is 5.76. The van der Waals surface area contributed by atoms with E-state index in [0.29, 0.717) is 36.8 Å². The Bertz CT molecular complexity index is 1060. The first-order valence-corrected chi connectivity index (χ1v) is 15.0. The van der Waals surface area contributed by atoms with Gasteiger partial charge in [0.2, 0.25) is 5.91 Å². The van der Waals surface area contributed by atoms with Crippen molar-refractivity contribution in [3.63, 3.8) is 0 Å². The van der Waals surface area contributed by atoms with Crippen molar-refractivity contribution in [3.8, 4) is 0 Å². The molecule has 2 amide bonds. The lowest BCUT2D eigenvalue weighted by molar-refractivity contribution is -0.145. The molecule has 0 aliphatic heterocycles. The lowest BCUT2D eigenvalue weighted by Crippen LogP contribution is -2.44. The third kappa shape index (κ3) is 9.75. The van der Waals surface area contributed by atoms with Crippen LogP contribution in [0, 0.1) is 23.7 Å². The predicted octanol–water partition coefficient (Wildman–Crippen LogP) is 5.78. The lowest BCUT2D eigenvalue weighted by Gasteiger charge is -2.34. The van der Waals surface area contributed by atoms with Gasteiger partial charge in [-0.2, -0.15) is 0 Å². The zero-order valence-corrected chi connectivity index (χ0v) is 25.7. The summed E-state index contributed by atoms with van der Waals surface area (Å²) >= 11 is 1.47. The molecule has 0 fully saturated rings. The van der Waals surface area contributed by atoms with Crippen molar-refractivity contribution in [1.82, 2.24) is 15.2 Å². The zero-order valence-electron chi connectivity index (χ0n) is 24.9. The van der Waals surface area contributed by atoms with Gasteiger partial charge < -0.3 is 15.0 Å². The quantitative estimate of drug-likeness (QED) is 0.280. The van der Waals surface area contributed by atoms with Gasteiger partial charge in [0.15, 0.2) is 0 Å². The number of carbonyl (C=O) groups excluding carboxylic acids is 3. The molecule has 2 rings (SSSR count). The van der Waals surface area contributed by atoms with Crippen LogP contribution in [0.5, 0.6) is 0 Å². The predicted molar refractivity (Wildman–Crippen MR) is 158 cm³/mol. The molecule has 216 valence electrons. The van der Waals surface area contributed by atoms with Crippen LogP contribution in [-0.4, -0.2) is 53.9 Å². The third-order valence-corrected chi connectivity index (χ3v) is 8.75. The van der Waals surface area contributed by atoms with Crippen LogP contribution in [0.2, 0.25) is 0 Å². The van der Waals surface area contributed by atoms with Crippen LogP contribution in [0.4, 0.5) is 0 Å². The minimum Gasteiger partial charge on any atom is -0.469 e. The Morgan fingerprint density at radius 1 is 1.08 bits per heavy atom. The van der Waals surface area contributed by atoms with Crippen LogP contribution >= 0.6 is 11.3 Å². The Morgan fingerprint density at radius 3 is 2.33 bits per heavy atom. The summed E-state index contributed by atoms with van der Waals surface area (Å²) in [6, 6.07) is 9.76. The van der Waals surface area contributed by atoms with Gasteiger partial charge in [0.1, 0.15) is 5.69 Å². The highest BCUT2D eigenvalue weighted by Crippen LogP contribution is 2.23. The van der Waals surface area contributed by atoms with E-state index in [0.717, 1.165) is 23.4 Å². The van der Waals surface area contributed by atoms with Crippen LogP contribution in [-0.2, 0) is 27.2 Å². The van der Waals surface area contributed by atoms with Crippen molar-refractivity contribution in [1.29, 1.82) is 0 Å². The number of thiazole rings is 1. The molecule has 1 N–H and O–H groups in total. The number of carbonyl (C=O) groups is 3. The van der Waals surface area contributed by atoms with E-state index in [1.165, 1.54) is 18.4 Å². The summed E-state index contributed by atoms with van der Waals surface area (Å²) in [7, 11) is 3.29. The maximum atomic E-state index is 13.2. The molecule has 1 aromatic heterocycles. The van der Waals surface area contributed by atoms with E-state index in [9.17, 15) is 14.4 Å². The maximum Gasteiger partial charge on any atom is 0.308 e. The molecule has 8 heteroatoms. The topological polar surface area (TPSA) is 88.6 Å². The number of aromatic nitrogens is 1. The van der Waals surface area contributed by atoms with Gasteiger partial charge in [-0.15, -0.1) is 11.3 Å². The number of nitrogens with zero attached hydrogens (tertiary/aromatic N) is 2. The highest BCUT2D eigenvalue weighted by atomic mass is 32.1. The first kappa shape index (κ1) is 32.5. The highest BCUT2D eigenvalue weighted by Gasteiger charge is 2.29. The number of amides is 2.